The number of carbonyl (C=O) groups is 1. The fourth-order valence-corrected chi connectivity index (χ4v) is 3.32. The number of carboxylic acids is 1. The van der Waals surface area contributed by atoms with Gasteiger partial charge in [0.2, 0.25) is 0 Å². The standard InChI is InChI=1S/C12H17NO2S/c1-7-3-4-13-10(5-7)11-6-9(12(14)15)8(2)16-11/h6-7,10,13H,3-5H2,1-2H3,(H,14,15). The second-order valence-corrected chi connectivity index (χ2v) is 5.85. The maximum Gasteiger partial charge on any atom is 0.336 e. The molecule has 0 bridgehead atoms. The number of hydrogen-bond donors (Lipinski definition) is 2. The zero-order valence-electron chi connectivity index (χ0n) is 9.62. The van der Waals surface area contributed by atoms with Crippen molar-refractivity contribution in [1.29, 1.82) is 0 Å². The largest absolute Gasteiger partial charge is 0.478 e. The van der Waals surface area contributed by atoms with Gasteiger partial charge in [-0.1, -0.05) is 6.92 Å². The molecule has 0 saturated carbocycles. The average molecular weight is 239 g/mol. The van der Waals surface area contributed by atoms with E-state index in [1.54, 1.807) is 11.3 Å². The Hall–Kier alpha value is -0.870. The van der Waals surface area contributed by atoms with Crippen LogP contribution in [-0.2, 0) is 0 Å². The van der Waals surface area contributed by atoms with Crippen LogP contribution in [-0.4, -0.2) is 17.6 Å². The average Bonchev–Trinajstić information content (AvgIpc) is 2.60. The molecule has 2 rings (SSSR count). The van der Waals surface area contributed by atoms with Crippen molar-refractivity contribution < 1.29 is 9.90 Å². The molecule has 4 heteroatoms. The molecule has 1 fully saturated rings. The quantitative estimate of drug-likeness (QED) is 0.834. The van der Waals surface area contributed by atoms with Crippen LogP contribution < -0.4 is 5.32 Å². The molecule has 1 aromatic rings. The minimum Gasteiger partial charge on any atom is -0.478 e. The SMILES string of the molecule is Cc1sc(C2CC(C)CCN2)cc1C(=O)O. The summed E-state index contributed by atoms with van der Waals surface area (Å²) in [6.45, 7) is 5.17. The summed E-state index contributed by atoms with van der Waals surface area (Å²) in [6.07, 6.45) is 2.33. The van der Waals surface area contributed by atoms with Crippen LogP contribution >= 0.6 is 11.3 Å². The van der Waals surface area contributed by atoms with E-state index in [1.807, 2.05) is 13.0 Å². The fraction of sp³-hybridized carbons (Fsp3) is 0.583. The number of piperidine rings is 1. The molecular weight excluding hydrogens is 222 g/mol. The highest BCUT2D eigenvalue weighted by atomic mass is 32.1. The van der Waals surface area contributed by atoms with Gasteiger partial charge in [0.25, 0.3) is 0 Å². The predicted molar refractivity (Wildman–Crippen MR) is 65.2 cm³/mol. The molecule has 2 unspecified atom stereocenters. The monoisotopic (exact) mass is 239 g/mol. The fourth-order valence-electron chi connectivity index (χ4n) is 2.21. The Labute approximate surface area is 99.5 Å². The molecule has 0 radical (unpaired) electrons. The molecule has 88 valence electrons. The highest BCUT2D eigenvalue weighted by Gasteiger charge is 2.23. The van der Waals surface area contributed by atoms with Gasteiger partial charge in [0.15, 0.2) is 0 Å². The van der Waals surface area contributed by atoms with Gasteiger partial charge in [-0.05, 0) is 38.3 Å². The van der Waals surface area contributed by atoms with E-state index in [1.165, 1.54) is 11.3 Å². The molecule has 16 heavy (non-hydrogen) atoms. The van der Waals surface area contributed by atoms with Crippen molar-refractivity contribution >= 4 is 17.3 Å². The number of aryl methyl sites for hydroxylation is 1. The summed E-state index contributed by atoms with van der Waals surface area (Å²) < 4.78 is 0. The second kappa shape index (κ2) is 4.55. The van der Waals surface area contributed by atoms with E-state index in [4.69, 9.17) is 5.11 Å². The van der Waals surface area contributed by atoms with Crippen molar-refractivity contribution in [3.8, 4) is 0 Å². The lowest BCUT2D eigenvalue weighted by atomic mass is 9.93. The maximum absolute atomic E-state index is 11.0. The Morgan fingerprint density at radius 3 is 2.94 bits per heavy atom. The molecule has 1 aliphatic rings. The summed E-state index contributed by atoms with van der Waals surface area (Å²) in [7, 11) is 0. The van der Waals surface area contributed by atoms with Crippen LogP contribution in [0.15, 0.2) is 6.07 Å². The van der Waals surface area contributed by atoms with Crippen LogP contribution in [0.4, 0.5) is 0 Å². The Kier molecular flexibility index (Phi) is 3.30. The van der Waals surface area contributed by atoms with Gasteiger partial charge < -0.3 is 10.4 Å². The number of thiophene rings is 1. The number of rotatable bonds is 2. The summed E-state index contributed by atoms with van der Waals surface area (Å²) in [6, 6.07) is 2.18. The molecule has 0 amide bonds. The molecule has 1 aliphatic heterocycles. The third-order valence-corrected chi connectivity index (χ3v) is 4.34. The third-order valence-electron chi connectivity index (χ3n) is 3.18. The Morgan fingerprint density at radius 2 is 2.38 bits per heavy atom. The zero-order chi connectivity index (χ0) is 11.7. The van der Waals surface area contributed by atoms with Crippen LogP contribution in [0.1, 0.15) is 45.9 Å². The Balaban J connectivity index is 2.20. The van der Waals surface area contributed by atoms with Gasteiger partial charge in [-0.3, -0.25) is 0 Å². The number of carboxylic acid groups (broad SMARTS) is 1. The van der Waals surface area contributed by atoms with Crippen LogP contribution in [0, 0.1) is 12.8 Å². The third kappa shape index (κ3) is 2.28. The molecule has 2 N–H and O–H groups in total. The van der Waals surface area contributed by atoms with Gasteiger partial charge in [-0.25, -0.2) is 4.79 Å². The first-order valence-corrected chi connectivity index (χ1v) is 6.46. The lowest BCUT2D eigenvalue weighted by Gasteiger charge is -2.27. The van der Waals surface area contributed by atoms with Gasteiger partial charge in [0, 0.05) is 15.8 Å². The molecule has 0 spiro atoms. The molecule has 3 nitrogen and oxygen atoms in total. The van der Waals surface area contributed by atoms with Gasteiger partial charge >= 0.3 is 5.97 Å². The highest BCUT2D eigenvalue weighted by Crippen LogP contribution is 2.33. The van der Waals surface area contributed by atoms with Crippen molar-refractivity contribution in [2.24, 2.45) is 5.92 Å². The molecule has 1 aromatic heterocycles. The predicted octanol–water partition coefficient (Wildman–Crippen LogP) is 2.82. The van der Waals surface area contributed by atoms with E-state index >= 15 is 0 Å². The van der Waals surface area contributed by atoms with Gasteiger partial charge in [0.1, 0.15) is 0 Å². The van der Waals surface area contributed by atoms with Crippen molar-refractivity contribution in [2.75, 3.05) is 6.54 Å². The summed E-state index contributed by atoms with van der Waals surface area (Å²) in [5.74, 6) is -0.0919. The summed E-state index contributed by atoms with van der Waals surface area (Å²) in [4.78, 5) is 13.0. The van der Waals surface area contributed by atoms with Crippen LogP contribution in [0.3, 0.4) is 0 Å². The van der Waals surface area contributed by atoms with Crippen molar-refractivity contribution in [3.05, 3.63) is 21.4 Å². The van der Waals surface area contributed by atoms with E-state index in [-0.39, 0.29) is 0 Å². The van der Waals surface area contributed by atoms with Crippen molar-refractivity contribution in [1.82, 2.24) is 5.32 Å². The molecule has 2 atom stereocenters. The normalized spacial score (nSPS) is 25.6. The summed E-state index contributed by atoms with van der Waals surface area (Å²) in [5, 5.41) is 12.5. The highest BCUT2D eigenvalue weighted by molar-refractivity contribution is 7.12. The molecular formula is C12H17NO2S. The minimum absolute atomic E-state index is 0.348. The van der Waals surface area contributed by atoms with Crippen LogP contribution in [0.5, 0.6) is 0 Å². The first kappa shape index (κ1) is 11.6. The van der Waals surface area contributed by atoms with E-state index in [9.17, 15) is 4.79 Å². The van der Waals surface area contributed by atoms with E-state index in [0.717, 1.165) is 23.8 Å². The number of aromatic carboxylic acids is 1. The van der Waals surface area contributed by atoms with E-state index < -0.39 is 5.97 Å². The maximum atomic E-state index is 11.0. The van der Waals surface area contributed by atoms with Gasteiger partial charge in [0.05, 0.1) is 5.56 Å². The lowest BCUT2D eigenvalue weighted by Crippen LogP contribution is -2.30. The number of nitrogens with one attached hydrogen (secondary N) is 1. The van der Waals surface area contributed by atoms with E-state index in [2.05, 4.69) is 12.2 Å². The summed E-state index contributed by atoms with van der Waals surface area (Å²) >= 11 is 1.61. The van der Waals surface area contributed by atoms with Crippen molar-refractivity contribution in [2.45, 2.75) is 32.7 Å². The Bertz CT molecular complexity index is 400. The molecule has 1 saturated heterocycles. The van der Waals surface area contributed by atoms with Crippen LogP contribution in [0.2, 0.25) is 0 Å². The molecule has 0 aliphatic carbocycles. The first-order valence-electron chi connectivity index (χ1n) is 5.65. The minimum atomic E-state index is -0.816. The first-order chi connectivity index (χ1) is 7.58. The summed E-state index contributed by atoms with van der Waals surface area (Å²) in [5.41, 5.74) is 0.458. The smallest absolute Gasteiger partial charge is 0.336 e. The van der Waals surface area contributed by atoms with Crippen molar-refractivity contribution in [3.63, 3.8) is 0 Å². The lowest BCUT2D eigenvalue weighted by molar-refractivity contribution is 0.0696. The van der Waals surface area contributed by atoms with E-state index in [0.29, 0.717) is 11.6 Å². The topological polar surface area (TPSA) is 49.3 Å². The molecule has 0 aromatic carbocycles. The van der Waals surface area contributed by atoms with Gasteiger partial charge in [-0.2, -0.15) is 0 Å². The zero-order valence-corrected chi connectivity index (χ0v) is 10.4. The Morgan fingerprint density at radius 1 is 1.62 bits per heavy atom. The number of hydrogen-bond acceptors (Lipinski definition) is 3. The molecule has 2 heterocycles. The van der Waals surface area contributed by atoms with Crippen LogP contribution in [0.25, 0.3) is 0 Å². The second-order valence-electron chi connectivity index (χ2n) is 4.56. The van der Waals surface area contributed by atoms with Gasteiger partial charge in [-0.15, -0.1) is 11.3 Å².